The number of nitro benzene ring substituents is 1. The van der Waals surface area contributed by atoms with Gasteiger partial charge in [-0.2, -0.15) is 5.10 Å². The zero-order valence-corrected chi connectivity index (χ0v) is 10.3. The number of anilines is 1. The molecule has 2 aromatic rings. The molecule has 0 atom stereocenters. The maximum atomic E-state index is 12.0. The maximum absolute atomic E-state index is 12.0. The van der Waals surface area contributed by atoms with E-state index in [4.69, 9.17) is 0 Å². The number of benzene rings is 1. The second-order valence-electron chi connectivity index (χ2n) is 3.87. The van der Waals surface area contributed by atoms with Gasteiger partial charge in [0.25, 0.3) is 11.6 Å². The van der Waals surface area contributed by atoms with Crippen LogP contribution < -0.4 is 5.32 Å². The molecular formula is C11H9N5O4. The fourth-order valence-electron chi connectivity index (χ4n) is 1.62. The van der Waals surface area contributed by atoms with Gasteiger partial charge in [-0.1, -0.05) is 12.1 Å². The molecule has 0 saturated carbocycles. The Morgan fingerprint density at radius 2 is 2.15 bits per heavy atom. The Balaban J connectivity index is 2.33. The number of nitro groups is 1. The number of nitrogens with one attached hydrogen (secondary N) is 2. The van der Waals surface area contributed by atoms with E-state index in [2.05, 4.69) is 20.7 Å². The van der Waals surface area contributed by atoms with Crippen molar-refractivity contribution in [3.8, 4) is 0 Å². The number of amides is 1. The Labute approximate surface area is 112 Å². The zero-order chi connectivity index (χ0) is 14.7. The number of nitrogens with zero attached hydrogens (tertiary/aromatic N) is 3. The highest BCUT2D eigenvalue weighted by atomic mass is 16.6. The van der Waals surface area contributed by atoms with Crippen molar-refractivity contribution in [3.63, 3.8) is 0 Å². The van der Waals surface area contributed by atoms with Crippen LogP contribution in [0.5, 0.6) is 0 Å². The van der Waals surface area contributed by atoms with E-state index >= 15 is 0 Å². The summed E-state index contributed by atoms with van der Waals surface area (Å²) in [6.07, 6.45) is 0. The molecule has 0 bridgehead atoms. The van der Waals surface area contributed by atoms with E-state index in [1.54, 1.807) is 6.92 Å². The molecule has 2 N–H and O–H groups in total. The van der Waals surface area contributed by atoms with Crippen molar-refractivity contribution in [2.75, 3.05) is 5.32 Å². The van der Waals surface area contributed by atoms with Crippen molar-refractivity contribution in [2.45, 2.75) is 6.92 Å². The van der Waals surface area contributed by atoms with Gasteiger partial charge in [-0.15, -0.1) is 4.91 Å². The minimum Gasteiger partial charge on any atom is -0.303 e. The highest BCUT2D eigenvalue weighted by Gasteiger charge is 2.21. The zero-order valence-electron chi connectivity index (χ0n) is 10.3. The summed E-state index contributed by atoms with van der Waals surface area (Å²) in [5, 5.41) is 22.1. The van der Waals surface area contributed by atoms with Gasteiger partial charge in [-0.05, 0) is 18.2 Å². The van der Waals surface area contributed by atoms with Crippen LogP contribution in [0.25, 0.3) is 0 Å². The van der Waals surface area contributed by atoms with Crippen LogP contribution in [-0.2, 0) is 0 Å². The van der Waals surface area contributed by atoms with Gasteiger partial charge < -0.3 is 5.32 Å². The summed E-state index contributed by atoms with van der Waals surface area (Å²) in [7, 11) is 0. The average Bonchev–Trinajstić information content (AvgIpc) is 2.78. The Hall–Kier alpha value is -3.10. The minimum atomic E-state index is -0.742. The molecule has 0 fully saturated rings. The first kappa shape index (κ1) is 13.3. The smallest absolute Gasteiger partial charge is 0.282 e. The molecule has 1 heterocycles. The summed E-state index contributed by atoms with van der Waals surface area (Å²) in [4.78, 5) is 32.8. The van der Waals surface area contributed by atoms with Gasteiger partial charge in [-0.25, -0.2) is 0 Å². The normalized spacial score (nSPS) is 10.1. The van der Waals surface area contributed by atoms with Crippen LogP contribution in [0.3, 0.4) is 0 Å². The molecule has 0 aliphatic rings. The van der Waals surface area contributed by atoms with Crippen LogP contribution in [0.2, 0.25) is 0 Å². The van der Waals surface area contributed by atoms with E-state index < -0.39 is 10.8 Å². The van der Waals surface area contributed by atoms with Gasteiger partial charge in [0.05, 0.1) is 10.6 Å². The Bertz CT molecular complexity index is 694. The molecule has 9 heteroatoms. The summed E-state index contributed by atoms with van der Waals surface area (Å²) in [6, 6.07) is 5.47. The Kier molecular flexibility index (Phi) is 3.51. The van der Waals surface area contributed by atoms with Crippen LogP contribution >= 0.6 is 0 Å². The predicted octanol–water partition coefficient (Wildman–Crippen LogP) is 2.28. The lowest BCUT2D eigenvalue weighted by atomic mass is 10.1. The van der Waals surface area contributed by atoms with Gasteiger partial charge >= 0.3 is 0 Å². The molecule has 0 radical (unpaired) electrons. The molecular weight excluding hydrogens is 266 g/mol. The number of aromatic nitrogens is 2. The van der Waals surface area contributed by atoms with E-state index in [0.717, 1.165) is 0 Å². The molecule has 1 amide bonds. The number of rotatable bonds is 4. The van der Waals surface area contributed by atoms with Crippen LogP contribution in [0, 0.1) is 21.9 Å². The van der Waals surface area contributed by atoms with Crippen molar-refractivity contribution in [1.29, 1.82) is 0 Å². The van der Waals surface area contributed by atoms with Crippen molar-refractivity contribution in [2.24, 2.45) is 5.18 Å². The molecule has 0 saturated heterocycles. The molecule has 0 unspecified atom stereocenters. The molecule has 0 aliphatic heterocycles. The standard InChI is InChI=1S/C11H9N5O4/c1-6-9(15-18)10(14-13-6)12-11(17)7-4-2-3-5-8(7)16(19)20/h2-5H,1H3,(H2,12,13,14,17). The lowest BCUT2D eigenvalue weighted by Crippen LogP contribution is -2.14. The van der Waals surface area contributed by atoms with Crippen LogP contribution in [0.15, 0.2) is 29.4 Å². The third kappa shape index (κ3) is 2.36. The fraction of sp³-hybridized carbons (Fsp3) is 0.0909. The lowest BCUT2D eigenvalue weighted by molar-refractivity contribution is -0.385. The first-order chi connectivity index (χ1) is 9.54. The summed E-state index contributed by atoms with van der Waals surface area (Å²) in [5.74, 6) is -0.811. The number of carbonyl (C=O) groups excluding carboxylic acids is 1. The maximum Gasteiger partial charge on any atom is 0.282 e. The van der Waals surface area contributed by atoms with Gasteiger partial charge in [-0.3, -0.25) is 20.0 Å². The van der Waals surface area contributed by atoms with Gasteiger partial charge in [0.15, 0.2) is 11.5 Å². The van der Waals surface area contributed by atoms with Crippen molar-refractivity contribution >= 4 is 23.1 Å². The number of aromatic amines is 1. The summed E-state index contributed by atoms with van der Waals surface area (Å²) >= 11 is 0. The molecule has 20 heavy (non-hydrogen) atoms. The van der Waals surface area contributed by atoms with Gasteiger partial charge in [0.2, 0.25) is 0 Å². The number of hydrogen-bond acceptors (Lipinski definition) is 6. The summed E-state index contributed by atoms with van der Waals surface area (Å²) in [6.45, 7) is 1.56. The fourth-order valence-corrected chi connectivity index (χ4v) is 1.62. The number of aryl methyl sites for hydroxylation is 1. The number of para-hydroxylation sites is 1. The molecule has 9 nitrogen and oxygen atoms in total. The van der Waals surface area contributed by atoms with Crippen molar-refractivity contribution < 1.29 is 9.72 Å². The highest BCUT2D eigenvalue weighted by molar-refractivity contribution is 6.07. The number of hydrogen-bond donors (Lipinski definition) is 2. The van der Waals surface area contributed by atoms with Gasteiger partial charge in [0.1, 0.15) is 5.56 Å². The van der Waals surface area contributed by atoms with E-state index in [-0.39, 0.29) is 22.8 Å². The molecule has 0 aliphatic carbocycles. The lowest BCUT2D eigenvalue weighted by Gasteiger charge is -2.03. The SMILES string of the molecule is Cc1[nH]nc(NC(=O)c2ccccc2[N+](=O)[O-])c1N=O. The molecule has 1 aromatic carbocycles. The predicted molar refractivity (Wildman–Crippen MR) is 69.8 cm³/mol. The van der Waals surface area contributed by atoms with E-state index in [0.29, 0.717) is 5.69 Å². The first-order valence-electron chi connectivity index (χ1n) is 5.47. The molecule has 1 aromatic heterocycles. The second kappa shape index (κ2) is 5.26. The first-order valence-corrected chi connectivity index (χ1v) is 5.47. The number of H-pyrrole nitrogens is 1. The largest absolute Gasteiger partial charge is 0.303 e. The van der Waals surface area contributed by atoms with Crippen molar-refractivity contribution in [3.05, 3.63) is 50.5 Å². The van der Waals surface area contributed by atoms with Gasteiger partial charge in [0, 0.05) is 6.07 Å². The molecule has 0 spiro atoms. The minimum absolute atomic E-state index is 0.0445. The third-order valence-corrected chi connectivity index (χ3v) is 2.58. The summed E-state index contributed by atoms with van der Waals surface area (Å²) < 4.78 is 0. The number of nitroso groups, excluding NO2 is 1. The summed E-state index contributed by atoms with van der Waals surface area (Å²) in [5.41, 5.74) is -0.123. The van der Waals surface area contributed by atoms with Crippen LogP contribution in [-0.4, -0.2) is 21.0 Å². The molecule has 102 valence electrons. The topological polar surface area (TPSA) is 130 Å². The van der Waals surface area contributed by atoms with E-state index in [1.165, 1.54) is 24.3 Å². The Morgan fingerprint density at radius 1 is 1.45 bits per heavy atom. The van der Waals surface area contributed by atoms with E-state index in [1.807, 2.05) is 0 Å². The third-order valence-electron chi connectivity index (χ3n) is 2.58. The van der Waals surface area contributed by atoms with E-state index in [9.17, 15) is 19.8 Å². The Morgan fingerprint density at radius 3 is 2.80 bits per heavy atom. The van der Waals surface area contributed by atoms with Crippen molar-refractivity contribution in [1.82, 2.24) is 10.2 Å². The van der Waals surface area contributed by atoms with Crippen LogP contribution in [0.4, 0.5) is 17.2 Å². The average molecular weight is 275 g/mol. The quantitative estimate of drug-likeness (QED) is 0.502. The van der Waals surface area contributed by atoms with Crippen LogP contribution in [0.1, 0.15) is 16.1 Å². The number of carbonyl (C=O) groups is 1. The monoisotopic (exact) mass is 275 g/mol. The second-order valence-corrected chi connectivity index (χ2v) is 3.87. The molecule has 2 rings (SSSR count). The highest BCUT2D eigenvalue weighted by Crippen LogP contribution is 2.27.